The molecule has 0 saturated carbocycles. The van der Waals surface area contributed by atoms with E-state index < -0.39 is 0 Å². The van der Waals surface area contributed by atoms with Gasteiger partial charge in [0.25, 0.3) is 0 Å². The standard InChI is InChI=1S/C15H25ClN2O/c1-6-18(7-8-19-5)14-10-12(11-16)9-13(17-14)15(2,3)4/h9-10H,6-8,11H2,1-5H3. The van der Waals surface area contributed by atoms with Gasteiger partial charge in [-0.05, 0) is 24.6 Å². The fourth-order valence-corrected chi connectivity index (χ4v) is 1.98. The van der Waals surface area contributed by atoms with Crippen molar-refractivity contribution in [3.05, 3.63) is 23.4 Å². The zero-order valence-electron chi connectivity index (χ0n) is 12.7. The fourth-order valence-electron chi connectivity index (χ4n) is 1.83. The van der Waals surface area contributed by atoms with E-state index in [1.54, 1.807) is 7.11 Å². The van der Waals surface area contributed by atoms with Crippen LogP contribution in [-0.4, -0.2) is 31.8 Å². The van der Waals surface area contributed by atoms with E-state index in [1.165, 1.54) is 0 Å². The molecule has 1 heterocycles. The second-order valence-corrected chi connectivity index (χ2v) is 5.94. The van der Waals surface area contributed by atoms with Gasteiger partial charge in [0.2, 0.25) is 0 Å². The molecule has 0 amide bonds. The van der Waals surface area contributed by atoms with Crippen molar-refractivity contribution in [2.24, 2.45) is 0 Å². The van der Waals surface area contributed by atoms with Crippen LogP contribution in [0.5, 0.6) is 0 Å². The molecule has 19 heavy (non-hydrogen) atoms. The van der Waals surface area contributed by atoms with Crippen molar-refractivity contribution in [1.82, 2.24) is 4.98 Å². The number of hydrogen-bond donors (Lipinski definition) is 0. The van der Waals surface area contributed by atoms with Gasteiger partial charge in [0.05, 0.1) is 6.61 Å². The topological polar surface area (TPSA) is 25.4 Å². The molecule has 0 atom stereocenters. The zero-order chi connectivity index (χ0) is 14.5. The minimum atomic E-state index is 0.0253. The maximum Gasteiger partial charge on any atom is 0.129 e. The summed E-state index contributed by atoms with van der Waals surface area (Å²) in [5.41, 5.74) is 2.22. The van der Waals surface area contributed by atoms with Gasteiger partial charge >= 0.3 is 0 Å². The molecule has 3 nitrogen and oxygen atoms in total. The van der Waals surface area contributed by atoms with Crippen LogP contribution >= 0.6 is 11.6 Å². The molecule has 0 radical (unpaired) electrons. The molecule has 0 aliphatic rings. The second kappa shape index (κ2) is 7.11. The number of ether oxygens (including phenoxy) is 1. The lowest BCUT2D eigenvalue weighted by Crippen LogP contribution is -2.29. The van der Waals surface area contributed by atoms with E-state index in [9.17, 15) is 0 Å². The number of halogens is 1. The Morgan fingerprint density at radius 3 is 2.47 bits per heavy atom. The lowest BCUT2D eigenvalue weighted by atomic mass is 9.91. The highest BCUT2D eigenvalue weighted by atomic mass is 35.5. The molecule has 0 N–H and O–H groups in total. The summed E-state index contributed by atoms with van der Waals surface area (Å²) in [6.45, 7) is 11.1. The van der Waals surface area contributed by atoms with Gasteiger partial charge in [-0.2, -0.15) is 0 Å². The average Bonchev–Trinajstić information content (AvgIpc) is 2.38. The Morgan fingerprint density at radius 1 is 1.32 bits per heavy atom. The summed E-state index contributed by atoms with van der Waals surface area (Å²) in [5.74, 6) is 1.50. The lowest BCUT2D eigenvalue weighted by Gasteiger charge is -2.25. The van der Waals surface area contributed by atoms with E-state index in [0.29, 0.717) is 12.5 Å². The summed E-state index contributed by atoms with van der Waals surface area (Å²) >= 11 is 6.00. The van der Waals surface area contributed by atoms with Crippen molar-refractivity contribution in [3.8, 4) is 0 Å². The van der Waals surface area contributed by atoms with Gasteiger partial charge in [0.1, 0.15) is 5.82 Å². The minimum Gasteiger partial charge on any atom is -0.383 e. The number of hydrogen-bond acceptors (Lipinski definition) is 3. The van der Waals surface area contributed by atoms with Crippen molar-refractivity contribution >= 4 is 17.4 Å². The van der Waals surface area contributed by atoms with Gasteiger partial charge in [-0.15, -0.1) is 11.6 Å². The number of rotatable bonds is 6. The predicted octanol–water partition coefficient (Wildman–Crippen LogP) is 3.59. The molecule has 0 aliphatic heterocycles. The van der Waals surface area contributed by atoms with Crippen LogP contribution in [0.25, 0.3) is 0 Å². The van der Waals surface area contributed by atoms with E-state index in [1.807, 2.05) is 0 Å². The zero-order valence-corrected chi connectivity index (χ0v) is 13.4. The molecular formula is C15H25ClN2O. The van der Waals surface area contributed by atoms with E-state index >= 15 is 0 Å². The Morgan fingerprint density at radius 2 is 2.00 bits per heavy atom. The van der Waals surface area contributed by atoms with Gasteiger partial charge in [-0.1, -0.05) is 20.8 Å². The highest BCUT2D eigenvalue weighted by molar-refractivity contribution is 6.17. The molecule has 0 spiro atoms. The van der Waals surface area contributed by atoms with Crippen LogP contribution in [-0.2, 0) is 16.0 Å². The third kappa shape index (κ3) is 4.66. The molecule has 1 rings (SSSR count). The minimum absolute atomic E-state index is 0.0253. The molecule has 4 heteroatoms. The molecule has 0 aromatic carbocycles. The van der Waals surface area contributed by atoms with Crippen molar-refractivity contribution in [3.63, 3.8) is 0 Å². The largest absolute Gasteiger partial charge is 0.383 e. The summed E-state index contributed by atoms with van der Waals surface area (Å²) in [7, 11) is 1.72. The van der Waals surface area contributed by atoms with Gasteiger partial charge < -0.3 is 9.64 Å². The van der Waals surface area contributed by atoms with Gasteiger partial charge in [0.15, 0.2) is 0 Å². The van der Waals surface area contributed by atoms with Crippen molar-refractivity contribution in [2.75, 3.05) is 31.7 Å². The highest BCUT2D eigenvalue weighted by Crippen LogP contribution is 2.25. The molecule has 0 bridgehead atoms. The first-order chi connectivity index (χ1) is 8.92. The third-order valence-electron chi connectivity index (χ3n) is 3.07. The maximum atomic E-state index is 6.00. The van der Waals surface area contributed by atoms with E-state index in [4.69, 9.17) is 21.3 Å². The van der Waals surface area contributed by atoms with Crippen LogP contribution in [0.3, 0.4) is 0 Å². The molecular weight excluding hydrogens is 260 g/mol. The molecule has 0 aliphatic carbocycles. The Bertz CT molecular complexity index is 402. The average molecular weight is 285 g/mol. The first-order valence-corrected chi connectivity index (χ1v) is 7.27. The predicted molar refractivity (Wildman–Crippen MR) is 82.3 cm³/mol. The van der Waals surface area contributed by atoms with Crippen molar-refractivity contribution in [1.29, 1.82) is 0 Å². The summed E-state index contributed by atoms with van der Waals surface area (Å²) < 4.78 is 5.15. The second-order valence-electron chi connectivity index (χ2n) is 5.67. The van der Waals surface area contributed by atoms with Crippen molar-refractivity contribution < 1.29 is 4.74 Å². The Hall–Kier alpha value is -0.800. The Kier molecular flexibility index (Phi) is 6.08. The Balaban J connectivity index is 3.11. The quantitative estimate of drug-likeness (QED) is 0.747. The first kappa shape index (κ1) is 16.3. The number of aromatic nitrogens is 1. The molecule has 1 aromatic heterocycles. The number of alkyl halides is 1. The number of anilines is 1. The summed E-state index contributed by atoms with van der Waals surface area (Å²) in [5, 5.41) is 0. The summed E-state index contributed by atoms with van der Waals surface area (Å²) in [4.78, 5) is 7.01. The third-order valence-corrected chi connectivity index (χ3v) is 3.37. The first-order valence-electron chi connectivity index (χ1n) is 6.73. The van der Waals surface area contributed by atoms with Gasteiger partial charge in [-0.25, -0.2) is 4.98 Å². The molecule has 1 aromatic rings. The summed E-state index contributed by atoms with van der Waals surface area (Å²) in [6.07, 6.45) is 0. The smallest absolute Gasteiger partial charge is 0.129 e. The van der Waals surface area contributed by atoms with Crippen LogP contribution < -0.4 is 4.90 Å². The van der Waals surface area contributed by atoms with E-state index in [2.05, 4.69) is 44.7 Å². The molecule has 0 unspecified atom stereocenters. The van der Waals surface area contributed by atoms with E-state index in [-0.39, 0.29) is 5.41 Å². The Labute approximate surface area is 121 Å². The number of likely N-dealkylation sites (N-methyl/N-ethyl adjacent to an activating group) is 1. The van der Waals surface area contributed by atoms with Gasteiger partial charge in [-0.3, -0.25) is 0 Å². The van der Waals surface area contributed by atoms with Crippen LogP contribution in [0.15, 0.2) is 12.1 Å². The van der Waals surface area contributed by atoms with Gasteiger partial charge in [0, 0.05) is 37.2 Å². The van der Waals surface area contributed by atoms with Crippen LogP contribution in [0, 0.1) is 0 Å². The number of nitrogens with zero attached hydrogens (tertiary/aromatic N) is 2. The monoisotopic (exact) mass is 284 g/mol. The van der Waals surface area contributed by atoms with Crippen LogP contribution in [0.1, 0.15) is 39.0 Å². The normalized spacial score (nSPS) is 11.7. The van der Waals surface area contributed by atoms with Crippen LogP contribution in [0.4, 0.5) is 5.82 Å². The highest BCUT2D eigenvalue weighted by Gasteiger charge is 2.18. The fraction of sp³-hybridized carbons (Fsp3) is 0.667. The summed E-state index contributed by atoms with van der Waals surface area (Å²) in [6, 6.07) is 4.17. The maximum absolute atomic E-state index is 6.00. The SMILES string of the molecule is CCN(CCOC)c1cc(CCl)cc(C(C)(C)C)n1. The van der Waals surface area contributed by atoms with E-state index in [0.717, 1.165) is 30.2 Å². The molecule has 0 saturated heterocycles. The van der Waals surface area contributed by atoms with Crippen molar-refractivity contribution in [2.45, 2.75) is 39.0 Å². The van der Waals surface area contributed by atoms with Crippen LogP contribution in [0.2, 0.25) is 0 Å². The lowest BCUT2D eigenvalue weighted by molar-refractivity contribution is 0.205. The number of pyridine rings is 1. The number of methoxy groups -OCH3 is 1. The molecule has 108 valence electrons. The molecule has 0 fully saturated rings.